The van der Waals surface area contributed by atoms with E-state index in [0.717, 1.165) is 0 Å². The first-order chi connectivity index (χ1) is 8.65. The molecule has 0 aliphatic heterocycles. The lowest BCUT2D eigenvalue weighted by atomic mass is 10.1. The van der Waals surface area contributed by atoms with Crippen molar-refractivity contribution in [2.75, 3.05) is 6.61 Å². The van der Waals surface area contributed by atoms with E-state index in [-0.39, 0.29) is 6.61 Å². The predicted octanol–water partition coefficient (Wildman–Crippen LogP) is 0.520. The number of H-pyrrole nitrogens is 1. The van der Waals surface area contributed by atoms with E-state index in [1.54, 1.807) is 31.2 Å². The van der Waals surface area contributed by atoms with Crippen molar-refractivity contribution in [2.24, 2.45) is 0 Å². The van der Waals surface area contributed by atoms with Gasteiger partial charge in [-0.1, -0.05) is 18.2 Å². The Labute approximate surface area is 103 Å². The molecule has 2 rings (SSSR count). The maximum atomic E-state index is 11.3. The Balaban J connectivity index is 2.28. The van der Waals surface area contributed by atoms with Crippen LogP contribution < -0.4 is 0 Å². The van der Waals surface area contributed by atoms with Gasteiger partial charge in [-0.15, -0.1) is 0 Å². The number of aromatic amines is 1. The van der Waals surface area contributed by atoms with Gasteiger partial charge in [0.2, 0.25) is 0 Å². The van der Waals surface area contributed by atoms with Gasteiger partial charge in [-0.25, -0.2) is 4.79 Å². The Morgan fingerprint density at radius 1 is 1.44 bits per heavy atom. The van der Waals surface area contributed by atoms with Gasteiger partial charge in [0.15, 0.2) is 6.10 Å². The van der Waals surface area contributed by atoms with E-state index in [4.69, 9.17) is 0 Å². The van der Waals surface area contributed by atoms with Crippen molar-refractivity contribution >= 4 is 16.9 Å². The third-order valence-electron chi connectivity index (χ3n) is 2.61. The summed E-state index contributed by atoms with van der Waals surface area (Å²) < 4.78 is 4.65. The number of carbonyl (C=O) groups excluding carboxylic acids is 1. The van der Waals surface area contributed by atoms with Crippen LogP contribution in [0.25, 0.3) is 10.9 Å². The van der Waals surface area contributed by atoms with E-state index in [0.29, 0.717) is 16.6 Å². The quantitative estimate of drug-likeness (QED) is 0.687. The van der Waals surface area contributed by atoms with Crippen molar-refractivity contribution in [2.45, 2.75) is 19.1 Å². The topological polar surface area (TPSA) is 95.4 Å². The minimum absolute atomic E-state index is 0.145. The molecular weight excluding hydrogens is 236 g/mol. The smallest absolute Gasteiger partial charge is 0.338 e. The maximum absolute atomic E-state index is 11.3. The number of rotatable bonds is 4. The van der Waals surface area contributed by atoms with Gasteiger partial charge in [0.1, 0.15) is 6.10 Å². The van der Waals surface area contributed by atoms with Gasteiger partial charge in [0.25, 0.3) is 0 Å². The molecule has 0 radical (unpaired) electrons. The summed E-state index contributed by atoms with van der Waals surface area (Å²) >= 11 is 0. The summed E-state index contributed by atoms with van der Waals surface area (Å²) in [4.78, 5) is 11.3. The number of esters is 1. The summed E-state index contributed by atoms with van der Waals surface area (Å²) in [6, 6.07) is 7.10. The first-order valence-corrected chi connectivity index (χ1v) is 5.61. The fourth-order valence-corrected chi connectivity index (χ4v) is 1.72. The lowest BCUT2D eigenvalue weighted by Gasteiger charge is -2.15. The number of hydrogen-bond acceptors (Lipinski definition) is 5. The second-order valence-corrected chi connectivity index (χ2v) is 3.80. The second-order valence-electron chi connectivity index (χ2n) is 3.80. The van der Waals surface area contributed by atoms with E-state index in [9.17, 15) is 15.0 Å². The average Bonchev–Trinajstić information content (AvgIpc) is 2.81. The summed E-state index contributed by atoms with van der Waals surface area (Å²) in [6.45, 7) is 1.77. The highest BCUT2D eigenvalue weighted by Gasteiger charge is 2.29. The van der Waals surface area contributed by atoms with Gasteiger partial charge in [0, 0.05) is 5.39 Å². The van der Waals surface area contributed by atoms with Crippen molar-refractivity contribution in [3.05, 3.63) is 30.0 Å². The first kappa shape index (κ1) is 12.5. The standard InChI is InChI=1S/C12H14N2O4/c1-2-18-12(17)11(16)10(15)9-7-5-3-4-6-8(7)13-14-9/h3-6,10-11,15-16H,2H2,1H3,(H,13,14). The molecular formula is C12H14N2O4. The van der Waals surface area contributed by atoms with Gasteiger partial charge in [-0.3, -0.25) is 5.10 Å². The highest BCUT2D eigenvalue weighted by Crippen LogP contribution is 2.24. The van der Waals surface area contributed by atoms with E-state index in [1.165, 1.54) is 0 Å². The number of fused-ring (bicyclic) bond motifs is 1. The van der Waals surface area contributed by atoms with E-state index < -0.39 is 18.2 Å². The lowest BCUT2D eigenvalue weighted by molar-refractivity contribution is -0.159. The van der Waals surface area contributed by atoms with Gasteiger partial charge < -0.3 is 14.9 Å². The molecule has 0 aliphatic carbocycles. The van der Waals surface area contributed by atoms with Crippen molar-refractivity contribution in [1.82, 2.24) is 10.2 Å². The molecule has 0 aliphatic rings. The first-order valence-electron chi connectivity index (χ1n) is 5.61. The average molecular weight is 250 g/mol. The third kappa shape index (κ3) is 2.20. The molecule has 96 valence electrons. The number of aliphatic hydroxyl groups excluding tert-OH is 2. The van der Waals surface area contributed by atoms with Gasteiger partial charge in [-0.05, 0) is 13.0 Å². The molecule has 2 aromatic rings. The number of aromatic nitrogens is 2. The zero-order valence-electron chi connectivity index (χ0n) is 9.83. The van der Waals surface area contributed by atoms with Crippen LogP contribution in [0.1, 0.15) is 18.7 Å². The van der Waals surface area contributed by atoms with Crippen molar-refractivity contribution in [3.8, 4) is 0 Å². The van der Waals surface area contributed by atoms with Crippen molar-refractivity contribution < 1.29 is 19.7 Å². The summed E-state index contributed by atoms with van der Waals surface area (Å²) in [5, 5.41) is 26.9. The molecule has 1 heterocycles. The van der Waals surface area contributed by atoms with Crippen LogP contribution in [-0.2, 0) is 9.53 Å². The van der Waals surface area contributed by atoms with Crippen LogP contribution in [0.4, 0.5) is 0 Å². The minimum atomic E-state index is -1.63. The maximum Gasteiger partial charge on any atom is 0.338 e. The number of carbonyl (C=O) groups is 1. The Kier molecular flexibility index (Phi) is 3.59. The number of ether oxygens (including phenoxy) is 1. The molecule has 0 spiro atoms. The molecule has 0 saturated heterocycles. The monoisotopic (exact) mass is 250 g/mol. The number of benzene rings is 1. The van der Waals surface area contributed by atoms with E-state index in [1.807, 2.05) is 0 Å². The third-order valence-corrected chi connectivity index (χ3v) is 2.61. The van der Waals surface area contributed by atoms with Crippen LogP contribution in [0.2, 0.25) is 0 Å². The number of nitrogens with zero attached hydrogens (tertiary/aromatic N) is 1. The van der Waals surface area contributed by atoms with Crippen LogP contribution in [0.3, 0.4) is 0 Å². The molecule has 3 N–H and O–H groups in total. The molecule has 2 atom stereocenters. The second kappa shape index (κ2) is 5.16. The molecule has 6 heteroatoms. The fraction of sp³-hybridized carbons (Fsp3) is 0.333. The predicted molar refractivity (Wildman–Crippen MR) is 63.7 cm³/mol. The number of hydrogen-bond donors (Lipinski definition) is 3. The number of para-hydroxylation sites is 1. The van der Waals surface area contributed by atoms with Crippen LogP contribution in [0.15, 0.2) is 24.3 Å². The van der Waals surface area contributed by atoms with Gasteiger partial charge >= 0.3 is 5.97 Å². The molecule has 0 amide bonds. The van der Waals surface area contributed by atoms with Gasteiger partial charge in [0.05, 0.1) is 17.8 Å². The summed E-state index contributed by atoms with van der Waals surface area (Å²) in [6.07, 6.45) is -3.02. The Morgan fingerprint density at radius 2 is 2.17 bits per heavy atom. The molecule has 18 heavy (non-hydrogen) atoms. The van der Waals surface area contributed by atoms with Crippen molar-refractivity contribution in [3.63, 3.8) is 0 Å². The largest absolute Gasteiger partial charge is 0.464 e. The summed E-state index contributed by atoms with van der Waals surface area (Å²) in [7, 11) is 0. The summed E-state index contributed by atoms with van der Waals surface area (Å²) in [5.74, 6) is -0.858. The fourth-order valence-electron chi connectivity index (χ4n) is 1.72. The zero-order chi connectivity index (χ0) is 13.1. The van der Waals surface area contributed by atoms with Crippen LogP contribution in [0.5, 0.6) is 0 Å². The van der Waals surface area contributed by atoms with E-state index in [2.05, 4.69) is 14.9 Å². The summed E-state index contributed by atoms with van der Waals surface area (Å²) in [5.41, 5.74) is 0.953. The molecule has 0 bridgehead atoms. The minimum Gasteiger partial charge on any atom is -0.464 e. The van der Waals surface area contributed by atoms with Crippen LogP contribution in [-0.4, -0.2) is 39.1 Å². The molecule has 0 fully saturated rings. The number of aliphatic hydroxyl groups is 2. The Bertz CT molecular complexity index is 552. The molecule has 1 aromatic carbocycles. The Morgan fingerprint density at radius 3 is 2.89 bits per heavy atom. The Hall–Kier alpha value is -1.92. The normalized spacial score (nSPS) is 14.4. The van der Waals surface area contributed by atoms with Crippen LogP contribution in [0, 0.1) is 0 Å². The highest BCUT2D eigenvalue weighted by molar-refractivity contribution is 5.83. The highest BCUT2D eigenvalue weighted by atomic mass is 16.5. The molecule has 6 nitrogen and oxygen atoms in total. The zero-order valence-corrected chi connectivity index (χ0v) is 9.83. The SMILES string of the molecule is CCOC(=O)C(O)C(O)c1[nH]nc2ccccc12. The van der Waals surface area contributed by atoms with Gasteiger partial charge in [-0.2, -0.15) is 5.10 Å². The molecule has 1 aromatic heterocycles. The van der Waals surface area contributed by atoms with E-state index >= 15 is 0 Å². The lowest BCUT2D eigenvalue weighted by Crippen LogP contribution is -2.30. The van der Waals surface area contributed by atoms with Crippen LogP contribution >= 0.6 is 0 Å². The molecule has 2 unspecified atom stereocenters. The molecule has 0 saturated carbocycles. The van der Waals surface area contributed by atoms with Crippen molar-refractivity contribution in [1.29, 1.82) is 0 Å². The number of nitrogens with one attached hydrogen (secondary N) is 1.